The summed E-state index contributed by atoms with van der Waals surface area (Å²) in [6.45, 7) is 6.28. The lowest BCUT2D eigenvalue weighted by Gasteiger charge is -2.36. The molecule has 0 amide bonds. The van der Waals surface area contributed by atoms with E-state index in [-0.39, 0.29) is 5.69 Å². The van der Waals surface area contributed by atoms with Crippen molar-refractivity contribution in [3.63, 3.8) is 0 Å². The second-order valence-electron chi connectivity index (χ2n) is 5.92. The first kappa shape index (κ1) is 17.3. The van der Waals surface area contributed by atoms with E-state index in [0.29, 0.717) is 5.56 Å². The van der Waals surface area contributed by atoms with E-state index in [9.17, 15) is 15.4 Å². The molecular formula is C17H19N5O2S. The van der Waals surface area contributed by atoms with Crippen molar-refractivity contribution in [2.75, 3.05) is 31.1 Å². The zero-order valence-electron chi connectivity index (χ0n) is 14.0. The maximum Gasteiger partial charge on any atom is 0.270 e. The minimum absolute atomic E-state index is 0.0470. The molecule has 1 aliphatic rings. The highest BCUT2D eigenvalue weighted by atomic mass is 32.1. The van der Waals surface area contributed by atoms with Gasteiger partial charge in [0.05, 0.1) is 26.9 Å². The minimum atomic E-state index is -0.471. The van der Waals surface area contributed by atoms with E-state index in [1.165, 1.54) is 12.1 Å². The molecule has 1 aromatic carbocycles. The lowest BCUT2D eigenvalue weighted by atomic mass is 10.1. The number of aryl methyl sites for hydroxylation is 1. The zero-order valence-corrected chi connectivity index (χ0v) is 14.8. The molecule has 8 heteroatoms. The van der Waals surface area contributed by atoms with E-state index in [1.807, 2.05) is 0 Å². The molecular weight excluding hydrogens is 338 g/mol. The lowest BCUT2D eigenvalue weighted by Crippen LogP contribution is -2.46. The lowest BCUT2D eigenvalue weighted by molar-refractivity contribution is -0.384. The van der Waals surface area contributed by atoms with Crippen molar-refractivity contribution in [1.29, 1.82) is 5.26 Å². The number of rotatable bonds is 5. The first-order valence-electron chi connectivity index (χ1n) is 8.20. The number of non-ortho nitro benzene ring substituents is 1. The molecule has 0 saturated carbocycles. The van der Waals surface area contributed by atoms with Crippen LogP contribution in [0.5, 0.6) is 0 Å². The molecule has 25 heavy (non-hydrogen) atoms. The van der Waals surface area contributed by atoms with Crippen LogP contribution in [0.25, 0.3) is 0 Å². The number of nitro groups is 1. The number of aromatic nitrogens is 1. The van der Waals surface area contributed by atoms with Gasteiger partial charge in [0.2, 0.25) is 0 Å². The number of benzene rings is 1. The highest BCUT2D eigenvalue weighted by Gasteiger charge is 2.21. The van der Waals surface area contributed by atoms with Crippen molar-refractivity contribution in [2.45, 2.75) is 19.9 Å². The van der Waals surface area contributed by atoms with Crippen molar-refractivity contribution in [3.8, 4) is 6.07 Å². The molecule has 130 valence electrons. The summed E-state index contributed by atoms with van der Waals surface area (Å²) >= 11 is 1.70. The summed E-state index contributed by atoms with van der Waals surface area (Å²) in [7, 11) is 0. The van der Waals surface area contributed by atoms with Crippen LogP contribution >= 0.6 is 11.3 Å². The summed E-state index contributed by atoms with van der Waals surface area (Å²) < 4.78 is 0. The molecule has 0 unspecified atom stereocenters. The standard InChI is InChI=1S/C17H19N5O2S/c1-2-17-19-14(12-25-17)11-20-5-7-21(8-6-20)16-4-3-15(22(23)24)9-13(16)10-18/h3-4,9,12H,2,5-8,11H2,1H3. The van der Waals surface area contributed by atoms with Gasteiger partial charge in [-0.25, -0.2) is 4.98 Å². The predicted octanol–water partition coefficient (Wildman–Crippen LogP) is 2.81. The molecule has 0 atom stereocenters. The minimum Gasteiger partial charge on any atom is -0.368 e. The molecule has 0 bridgehead atoms. The summed E-state index contributed by atoms with van der Waals surface area (Å²) in [5.74, 6) is 0. The molecule has 1 aromatic heterocycles. The van der Waals surface area contributed by atoms with E-state index >= 15 is 0 Å². The van der Waals surface area contributed by atoms with Gasteiger partial charge in [-0.1, -0.05) is 6.92 Å². The second-order valence-corrected chi connectivity index (χ2v) is 6.86. The average molecular weight is 357 g/mol. The Bertz CT molecular complexity index is 806. The molecule has 0 N–H and O–H groups in total. The van der Waals surface area contributed by atoms with Crippen molar-refractivity contribution < 1.29 is 4.92 Å². The Morgan fingerprint density at radius 2 is 2.12 bits per heavy atom. The van der Waals surface area contributed by atoms with Gasteiger partial charge in [0.1, 0.15) is 6.07 Å². The van der Waals surface area contributed by atoms with E-state index in [4.69, 9.17) is 0 Å². The van der Waals surface area contributed by atoms with Gasteiger partial charge in [0.15, 0.2) is 0 Å². The number of hydrogen-bond donors (Lipinski definition) is 0. The Balaban J connectivity index is 1.64. The van der Waals surface area contributed by atoms with E-state index in [0.717, 1.165) is 55.5 Å². The molecule has 0 spiro atoms. The van der Waals surface area contributed by atoms with Crippen molar-refractivity contribution in [1.82, 2.24) is 9.88 Å². The van der Waals surface area contributed by atoms with Crippen molar-refractivity contribution >= 4 is 22.7 Å². The van der Waals surface area contributed by atoms with Crippen LogP contribution in [-0.2, 0) is 13.0 Å². The molecule has 1 fully saturated rings. The fourth-order valence-electron chi connectivity index (χ4n) is 2.96. The summed E-state index contributed by atoms with van der Waals surface area (Å²) in [6.07, 6.45) is 0.968. The number of hydrogen-bond acceptors (Lipinski definition) is 7. The molecule has 1 saturated heterocycles. The number of nitrogens with zero attached hydrogens (tertiary/aromatic N) is 5. The fourth-order valence-corrected chi connectivity index (χ4v) is 3.70. The van der Waals surface area contributed by atoms with Crippen LogP contribution in [0, 0.1) is 21.4 Å². The van der Waals surface area contributed by atoms with Gasteiger partial charge in [-0.15, -0.1) is 11.3 Å². The summed E-state index contributed by atoms with van der Waals surface area (Å²) in [5, 5.41) is 23.5. The van der Waals surface area contributed by atoms with Gasteiger partial charge in [-0.05, 0) is 12.5 Å². The first-order chi connectivity index (χ1) is 12.1. The van der Waals surface area contributed by atoms with Crippen LogP contribution in [0.3, 0.4) is 0 Å². The average Bonchev–Trinajstić information content (AvgIpc) is 3.09. The SMILES string of the molecule is CCc1nc(CN2CCN(c3ccc([N+](=O)[O-])cc3C#N)CC2)cs1. The van der Waals surface area contributed by atoms with Crippen molar-refractivity contribution in [2.24, 2.45) is 0 Å². The molecule has 7 nitrogen and oxygen atoms in total. The Morgan fingerprint density at radius 3 is 2.72 bits per heavy atom. The zero-order chi connectivity index (χ0) is 17.8. The van der Waals surface area contributed by atoms with Crippen LogP contribution in [-0.4, -0.2) is 41.0 Å². The number of piperazine rings is 1. The van der Waals surface area contributed by atoms with Crippen LogP contribution in [0.1, 0.15) is 23.2 Å². The van der Waals surface area contributed by atoms with Crippen molar-refractivity contribution in [3.05, 3.63) is 50.0 Å². The number of nitriles is 1. The van der Waals surface area contributed by atoms with Gasteiger partial charge in [0, 0.05) is 50.2 Å². The summed E-state index contributed by atoms with van der Waals surface area (Å²) in [5.41, 5.74) is 2.20. The molecule has 2 heterocycles. The predicted molar refractivity (Wildman–Crippen MR) is 96.8 cm³/mol. The number of anilines is 1. The molecule has 0 radical (unpaired) electrons. The highest BCUT2D eigenvalue weighted by Crippen LogP contribution is 2.26. The normalized spacial score (nSPS) is 15.1. The van der Waals surface area contributed by atoms with Crippen LogP contribution in [0.2, 0.25) is 0 Å². The number of nitro benzene ring substituents is 1. The largest absolute Gasteiger partial charge is 0.368 e. The Kier molecular flexibility index (Phi) is 5.26. The van der Waals surface area contributed by atoms with Gasteiger partial charge >= 0.3 is 0 Å². The van der Waals surface area contributed by atoms with Gasteiger partial charge < -0.3 is 4.90 Å². The second kappa shape index (κ2) is 7.59. The summed E-state index contributed by atoms with van der Waals surface area (Å²) in [4.78, 5) is 19.5. The van der Waals surface area contributed by atoms with Gasteiger partial charge in [0.25, 0.3) is 5.69 Å². The smallest absolute Gasteiger partial charge is 0.270 e. The Morgan fingerprint density at radius 1 is 1.36 bits per heavy atom. The van der Waals surface area contributed by atoms with Gasteiger partial charge in [-0.2, -0.15) is 5.26 Å². The molecule has 0 aliphatic carbocycles. The maximum absolute atomic E-state index is 10.9. The van der Waals surface area contributed by atoms with Crippen LogP contribution < -0.4 is 4.90 Å². The third kappa shape index (κ3) is 3.95. The molecule has 1 aliphatic heterocycles. The monoisotopic (exact) mass is 357 g/mol. The van der Waals surface area contributed by atoms with E-state index in [2.05, 4.69) is 33.2 Å². The third-order valence-electron chi connectivity index (χ3n) is 4.31. The van der Waals surface area contributed by atoms with E-state index in [1.54, 1.807) is 17.4 Å². The third-order valence-corrected chi connectivity index (χ3v) is 5.35. The van der Waals surface area contributed by atoms with Crippen LogP contribution in [0.4, 0.5) is 11.4 Å². The molecule has 2 aromatic rings. The Hall–Kier alpha value is -2.50. The van der Waals surface area contributed by atoms with Gasteiger partial charge in [-0.3, -0.25) is 15.0 Å². The number of thiazole rings is 1. The van der Waals surface area contributed by atoms with E-state index < -0.39 is 4.92 Å². The quantitative estimate of drug-likeness (QED) is 0.604. The highest BCUT2D eigenvalue weighted by molar-refractivity contribution is 7.09. The van der Waals surface area contributed by atoms with Crippen LogP contribution in [0.15, 0.2) is 23.6 Å². The first-order valence-corrected chi connectivity index (χ1v) is 9.07. The fraction of sp³-hybridized carbons (Fsp3) is 0.412. The summed E-state index contributed by atoms with van der Waals surface area (Å²) in [6, 6.07) is 6.57. The maximum atomic E-state index is 10.9. The topological polar surface area (TPSA) is 86.3 Å². The molecule has 3 rings (SSSR count). The Labute approximate surface area is 150 Å².